The Morgan fingerprint density at radius 3 is 2.53 bits per heavy atom. The number of benzene rings is 2. The van der Waals surface area contributed by atoms with Crippen LogP contribution in [-0.2, 0) is 0 Å². The van der Waals surface area contributed by atoms with Gasteiger partial charge in [0.05, 0.1) is 20.1 Å². The third kappa shape index (κ3) is 3.57. The summed E-state index contributed by atoms with van der Waals surface area (Å²) < 4.78 is 7.01. The van der Waals surface area contributed by atoms with E-state index >= 15 is 0 Å². The molecule has 0 aromatic heterocycles. The molecule has 0 fully saturated rings. The van der Waals surface area contributed by atoms with E-state index in [1.54, 1.807) is 6.07 Å². The molecule has 2 aromatic carbocycles. The number of allylic oxidation sites excluding steroid dienone is 1. The molecule has 1 aliphatic heterocycles. The van der Waals surface area contributed by atoms with E-state index in [9.17, 15) is 9.90 Å². The van der Waals surface area contributed by atoms with Crippen LogP contribution < -0.4 is 19.6 Å². The first-order chi connectivity index (χ1) is 14.3. The molecular weight excluding hydrogens is 444 g/mol. The number of likely N-dealkylation sites (N-methyl/N-ethyl adjacent to an activating group) is 1. The first-order valence-corrected chi connectivity index (χ1v) is 10.5. The molecule has 0 saturated heterocycles. The van der Waals surface area contributed by atoms with Crippen LogP contribution in [-0.4, -0.2) is 40.2 Å². The summed E-state index contributed by atoms with van der Waals surface area (Å²) in [5, 5.41) is 11.9. The number of carbonyl (C=O) groups is 1. The molecule has 1 aliphatic carbocycles. The molecule has 6 heteroatoms. The zero-order valence-corrected chi connectivity index (χ0v) is 18.9. The van der Waals surface area contributed by atoms with E-state index in [1.165, 1.54) is 4.90 Å². The number of carboxylic acids is 1. The van der Waals surface area contributed by atoms with Gasteiger partial charge in [-0.05, 0) is 42.0 Å². The van der Waals surface area contributed by atoms with Crippen molar-refractivity contribution < 1.29 is 19.5 Å². The number of carboxylic acid groups (broad SMARTS) is 1. The summed E-state index contributed by atoms with van der Waals surface area (Å²) in [6, 6.07) is 11.4. The summed E-state index contributed by atoms with van der Waals surface area (Å²) in [5.74, 6) is 0.244. The number of hydrogen-bond donors (Lipinski definition) is 1. The zero-order chi connectivity index (χ0) is 21.6. The average Bonchev–Trinajstić information content (AvgIpc) is 2.71. The largest absolute Gasteiger partial charge is 0.545 e. The maximum absolute atomic E-state index is 11.9. The minimum atomic E-state index is -1.21. The lowest BCUT2D eigenvalue weighted by Crippen LogP contribution is -3.09. The Labute approximate surface area is 184 Å². The summed E-state index contributed by atoms with van der Waals surface area (Å²) in [5.41, 5.74) is 4.34. The lowest BCUT2D eigenvalue weighted by molar-refractivity contribution is -0.871. The van der Waals surface area contributed by atoms with Gasteiger partial charge in [-0.15, -0.1) is 0 Å². The van der Waals surface area contributed by atoms with Gasteiger partial charge >= 0.3 is 0 Å². The number of anilines is 1. The predicted molar refractivity (Wildman–Crippen MR) is 120 cm³/mol. The predicted octanol–water partition coefficient (Wildman–Crippen LogP) is 2.04. The minimum Gasteiger partial charge on any atom is -0.545 e. The fraction of sp³-hybridized carbons (Fsp3) is 0.208. The number of aromatic carboxylic acids is 1. The van der Waals surface area contributed by atoms with Crippen molar-refractivity contribution in [3.8, 4) is 5.75 Å². The summed E-state index contributed by atoms with van der Waals surface area (Å²) in [6.45, 7) is 0. The number of nitrogens with zero attached hydrogens (tertiary/aromatic N) is 1. The Morgan fingerprint density at radius 2 is 1.87 bits per heavy atom. The Balaban J connectivity index is 2.01. The van der Waals surface area contributed by atoms with Crippen molar-refractivity contribution in [2.75, 3.05) is 33.1 Å². The molecule has 1 unspecified atom stereocenters. The average molecular weight is 467 g/mol. The molecule has 0 spiro atoms. The van der Waals surface area contributed by atoms with Crippen LogP contribution in [0.15, 0.2) is 70.4 Å². The Morgan fingerprint density at radius 1 is 1.13 bits per heavy atom. The van der Waals surface area contributed by atoms with Crippen molar-refractivity contribution in [2.24, 2.45) is 0 Å². The van der Waals surface area contributed by atoms with Crippen LogP contribution in [0.2, 0.25) is 0 Å². The number of rotatable bonds is 4. The van der Waals surface area contributed by atoms with Crippen LogP contribution in [0.3, 0.4) is 0 Å². The first-order valence-electron chi connectivity index (χ1n) is 9.72. The monoisotopic (exact) mass is 466 g/mol. The highest BCUT2D eigenvalue weighted by Gasteiger charge is 2.30. The molecule has 1 atom stereocenters. The number of ether oxygens (including phenoxy) is 1. The third-order valence-electron chi connectivity index (χ3n) is 5.44. The number of nitrogens with one attached hydrogen (secondary N) is 1. The van der Waals surface area contributed by atoms with E-state index in [2.05, 4.69) is 42.2 Å². The van der Waals surface area contributed by atoms with Gasteiger partial charge in [-0.25, -0.2) is 0 Å². The van der Waals surface area contributed by atoms with Gasteiger partial charge in [0, 0.05) is 58.7 Å². The number of quaternary nitrogens is 1. The highest BCUT2D eigenvalue weighted by atomic mass is 79.9. The third-order valence-corrected chi connectivity index (χ3v) is 5.94. The van der Waals surface area contributed by atoms with Gasteiger partial charge in [-0.3, -0.25) is 0 Å². The Kier molecular flexibility index (Phi) is 5.30. The quantitative estimate of drug-likeness (QED) is 0.748. The second-order valence-corrected chi connectivity index (χ2v) is 8.85. The summed E-state index contributed by atoms with van der Waals surface area (Å²) >= 11 is 3.37. The first kappa shape index (κ1) is 20.4. The Hall–Kier alpha value is -2.83. The molecule has 30 heavy (non-hydrogen) atoms. The molecule has 0 saturated carbocycles. The SMILES string of the molecule is CN(C)c1ccc2c(c1)OC1=CC([NH+](C)C)C=CC1=C2c1ccc(Br)cc1C(=O)[O-]. The van der Waals surface area contributed by atoms with Gasteiger partial charge in [0.25, 0.3) is 0 Å². The smallest absolute Gasteiger partial charge is 0.137 e. The van der Waals surface area contributed by atoms with Gasteiger partial charge in [0.15, 0.2) is 0 Å². The molecule has 5 nitrogen and oxygen atoms in total. The van der Waals surface area contributed by atoms with E-state index in [4.69, 9.17) is 4.74 Å². The van der Waals surface area contributed by atoms with Crippen molar-refractivity contribution in [1.29, 1.82) is 0 Å². The number of halogens is 1. The van der Waals surface area contributed by atoms with Crippen LogP contribution in [0.25, 0.3) is 5.57 Å². The lowest BCUT2D eigenvalue weighted by atomic mass is 9.85. The van der Waals surface area contributed by atoms with Crippen molar-refractivity contribution >= 4 is 33.2 Å². The summed E-state index contributed by atoms with van der Waals surface area (Å²) in [4.78, 5) is 15.2. The number of hydrogen-bond acceptors (Lipinski definition) is 4. The van der Waals surface area contributed by atoms with Gasteiger partial charge in [0.1, 0.15) is 17.6 Å². The molecule has 2 aliphatic rings. The molecule has 0 bridgehead atoms. The van der Waals surface area contributed by atoms with E-state index in [-0.39, 0.29) is 11.6 Å². The van der Waals surface area contributed by atoms with Crippen LogP contribution >= 0.6 is 15.9 Å². The van der Waals surface area contributed by atoms with Crippen molar-refractivity contribution in [2.45, 2.75) is 6.04 Å². The van der Waals surface area contributed by atoms with E-state index < -0.39 is 5.97 Å². The van der Waals surface area contributed by atoms with Gasteiger partial charge in [-0.1, -0.05) is 22.0 Å². The van der Waals surface area contributed by atoms with Gasteiger partial charge < -0.3 is 24.4 Å². The fourth-order valence-corrected chi connectivity index (χ4v) is 4.14. The van der Waals surface area contributed by atoms with Crippen molar-refractivity contribution in [1.82, 2.24) is 0 Å². The van der Waals surface area contributed by atoms with Crippen LogP contribution in [0, 0.1) is 0 Å². The molecule has 1 N–H and O–H groups in total. The molecule has 2 aromatic rings. The van der Waals surface area contributed by atoms with Crippen LogP contribution in [0.1, 0.15) is 21.5 Å². The fourth-order valence-electron chi connectivity index (χ4n) is 3.78. The van der Waals surface area contributed by atoms with Crippen LogP contribution in [0.4, 0.5) is 5.69 Å². The molecule has 154 valence electrons. The number of carbonyl (C=O) groups excluding carboxylic acids is 1. The highest BCUT2D eigenvalue weighted by Crippen LogP contribution is 2.45. The maximum atomic E-state index is 11.9. The second-order valence-electron chi connectivity index (χ2n) is 7.94. The van der Waals surface area contributed by atoms with E-state index in [0.29, 0.717) is 15.8 Å². The van der Waals surface area contributed by atoms with E-state index in [1.807, 2.05) is 55.4 Å². The lowest BCUT2D eigenvalue weighted by Gasteiger charge is -2.30. The second kappa shape index (κ2) is 7.78. The summed E-state index contributed by atoms with van der Waals surface area (Å²) in [6.07, 6.45) is 6.24. The molecule has 0 radical (unpaired) electrons. The summed E-state index contributed by atoms with van der Waals surface area (Å²) in [7, 11) is 8.13. The molecule has 4 rings (SSSR count). The Bertz CT molecular complexity index is 1130. The molecule has 0 amide bonds. The van der Waals surface area contributed by atoms with Gasteiger partial charge in [-0.2, -0.15) is 0 Å². The molecular formula is C24H23BrN2O3. The topological polar surface area (TPSA) is 57.0 Å². The van der Waals surface area contributed by atoms with Crippen LogP contribution in [0.5, 0.6) is 5.75 Å². The normalized spacial score (nSPS) is 17.3. The highest BCUT2D eigenvalue weighted by molar-refractivity contribution is 9.10. The zero-order valence-electron chi connectivity index (χ0n) is 17.3. The molecule has 1 heterocycles. The van der Waals surface area contributed by atoms with Crippen molar-refractivity contribution in [3.05, 3.63) is 87.1 Å². The minimum absolute atomic E-state index is 0.143. The van der Waals surface area contributed by atoms with Gasteiger partial charge in [0.2, 0.25) is 0 Å². The maximum Gasteiger partial charge on any atom is 0.137 e. The standard InChI is InChI=1S/C24H23BrN2O3/c1-26(2)15-6-9-18-21(12-15)30-22-13-16(27(3)4)7-10-19(22)23(18)17-8-5-14(25)11-20(17)24(28)29/h5-13,15H,1-4H3,(H,28,29). The van der Waals surface area contributed by atoms with E-state index in [0.717, 1.165) is 28.2 Å². The van der Waals surface area contributed by atoms with Crippen molar-refractivity contribution in [3.63, 3.8) is 0 Å². The number of fused-ring (bicyclic) bond motifs is 2.